The average Bonchev–Trinajstić information content (AvgIpc) is 3.24. The highest BCUT2D eigenvalue weighted by molar-refractivity contribution is 7.13. The van der Waals surface area contributed by atoms with Gasteiger partial charge < -0.3 is 19.9 Å². The van der Waals surface area contributed by atoms with Crippen LogP contribution in [0.2, 0.25) is 0 Å². The Bertz CT molecular complexity index is 926. The third-order valence-corrected chi connectivity index (χ3v) is 5.23. The van der Waals surface area contributed by atoms with E-state index in [9.17, 15) is 9.18 Å². The maximum atomic E-state index is 13.2. The molecule has 1 aliphatic rings. The molecule has 1 fully saturated rings. The summed E-state index contributed by atoms with van der Waals surface area (Å²) in [7, 11) is 0. The molecule has 0 unspecified atom stereocenters. The molecule has 0 saturated carbocycles. The summed E-state index contributed by atoms with van der Waals surface area (Å²) in [4.78, 5) is 20.8. The fraction of sp³-hybridized carbons (Fsp3) is 0.200. The van der Waals surface area contributed by atoms with Crippen LogP contribution in [0.1, 0.15) is 0 Å². The minimum absolute atomic E-state index is 0.127. The lowest BCUT2D eigenvalue weighted by atomic mass is 10.3. The second kappa shape index (κ2) is 8.26. The Labute approximate surface area is 166 Å². The number of anilines is 2. The van der Waals surface area contributed by atoms with E-state index in [-0.39, 0.29) is 11.8 Å². The smallest absolute Gasteiger partial charge is 0.321 e. The van der Waals surface area contributed by atoms with Crippen molar-refractivity contribution >= 4 is 28.2 Å². The van der Waals surface area contributed by atoms with Gasteiger partial charge in [-0.15, -0.1) is 11.3 Å². The van der Waals surface area contributed by atoms with E-state index in [1.54, 1.807) is 58.8 Å². The molecular formula is C20H19FN4O2S. The molecule has 1 saturated heterocycles. The first-order valence-electron chi connectivity index (χ1n) is 8.91. The highest BCUT2D eigenvalue weighted by atomic mass is 32.1. The van der Waals surface area contributed by atoms with E-state index < -0.39 is 0 Å². The summed E-state index contributed by atoms with van der Waals surface area (Å²) >= 11 is 1.61. The predicted octanol–water partition coefficient (Wildman–Crippen LogP) is 4.43. The van der Waals surface area contributed by atoms with Gasteiger partial charge in [0.1, 0.15) is 17.3 Å². The van der Waals surface area contributed by atoms with Crippen molar-refractivity contribution in [2.75, 3.05) is 36.4 Å². The molecule has 2 amide bonds. The Hall–Kier alpha value is -3.13. The molecule has 28 heavy (non-hydrogen) atoms. The van der Waals surface area contributed by atoms with Gasteiger partial charge in [-0.1, -0.05) is 6.07 Å². The number of hydrogen-bond acceptors (Lipinski definition) is 5. The average molecular weight is 398 g/mol. The van der Waals surface area contributed by atoms with Crippen LogP contribution < -0.4 is 15.0 Å². The van der Waals surface area contributed by atoms with Gasteiger partial charge >= 0.3 is 6.03 Å². The molecule has 1 aromatic heterocycles. The fourth-order valence-corrected chi connectivity index (χ4v) is 3.65. The number of hydrogen-bond donors (Lipinski definition) is 1. The fourth-order valence-electron chi connectivity index (χ4n) is 2.95. The lowest BCUT2D eigenvalue weighted by Gasteiger charge is -2.34. The highest BCUT2D eigenvalue weighted by Gasteiger charge is 2.22. The van der Waals surface area contributed by atoms with Crippen LogP contribution in [0.15, 0.2) is 60.1 Å². The monoisotopic (exact) mass is 398 g/mol. The maximum absolute atomic E-state index is 13.2. The van der Waals surface area contributed by atoms with Crippen molar-refractivity contribution in [3.63, 3.8) is 0 Å². The number of amides is 2. The van der Waals surface area contributed by atoms with Gasteiger partial charge in [0.25, 0.3) is 0 Å². The number of benzene rings is 2. The summed E-state index contributed by atoms with van der Waals surface area (Å²) in [5, 5.41) is 5.85. The number of nitrogens with zero attached hydrogens (tertiary/aromatic N) is 3. The van der Waals surface area contributed by atoms with Crippen LogP contribution in [0, 0.1) is 5.82 Å². The second-order valence-electron chi connectivity index (χ2n) is 6.30. The Morgan fingerprint density at radius 1 is 1.07 bits per heavy atom. The summed E-state index contributed by atoms with van der Waals surface area (Å²) in [6.07, 6.45) is 1.79. The Morgan fingerprint density at radius 3 is 2.54 bits per heavy atom. The molecule has 0 bridgehead atoms. The van der Waals surface area contributed by atoms with Crippen LogP contribution >= 0.6 is 11.3 Å². The number of piperazine rings is 1. The van der Waals surface area contributed by atoms with Crippen LogP contribution in [0.5, 0.6) is 11.5 Å². The second-order valence-corrected chi connectivity index (χ2v) is 7.18. The van der Waals surface area contributed by atoms with Crippen molar-refractivity contribution in [2.24, 2.45) is 0 Å². The molecule has 1 aliphatic heterocycles. The van der Waals surface area contributed by atoms with Crippen molar-refractivity contribution < 1.29 is 13.9 Å². The zero-order chi connectivity index (χ0) is 19.3. The van der Waals surface area contributed by atoms with Crippen molar-refractivity contribution in [3.05, 3.63) is 65.9 Å². The molecule has 6 nitrogen and oxygen atoms in total. The lowest BCUT2D eigenvalue weighted by molar-refractivity contribution is 0.208. The summed E-state index contributed by atoms with van der Waals surface area (Å²) < 4.78 is 18.8. The molecular weight excluding hydrogens is 379 g/mol. The topological polar surface area (TPSA) is 57.7 Å². The normalized spacial score (nSPS) is 14.0. The molecule has 2 heterocycles. The highest BCUT2D eigenvalue weighted by Crippen LogP contribution is 2.24. The number of nitrogens with one attached hydrogen (secondary N) is 1. The number of halogens is 1. The van der Waals surface area contributed by atoms with Crippen LogP contribution in [-0.4, -0.2) is 42.1 Å². The summed E-state index contributed by atoms with van der Waals surface area (Å²) in [6, 6.07) is 12.8. The molecule has 0 aliphatic carbocycles. The summed E-state index contributed by atoms with van der Waals surface area (Å²) in [6.45, 7) is 2.82. The van der Waals surface area contributed by atoms with Gasteiger partial charge in [-0.05, 0) is 36.4 Å². The number of aromatic nitrogens is 1. The van der Waals surface area contributed by atoms with Crippen LogP contribution in [0.3, 0.4) is 0 Å². The van der Waals surface area contributed by atoms with E-state index in [4.69, 9.17) is 4.74 Å². The van der Waals surface area contributed by atoms with Gasteiger partial charge in [0.05, 0.1) is 0 Å². The van der Waals surface area contributed by atoms with Gasteiger partial charge in [-0.2, -0.15) is 0 Å². The molecule has 1 N–H and O–H groups in total. The minimum atomic E-state index is -0.351. The Morgan fingerprint density at radius 2 is 1.86 bits per heavy atom. The molecule has 2 aromatic carbocycles. The lowest BCUT2D eigenvalue weighted by Crippen LogP contribution is -2.50. The molecule has 0 atom stereocenters. The zero-order valence-corrected chi connectivity index (χ0v) is 15.9. The third kappa shape index (κ3) is 4.40. The van der Waals surface area contributed by atoms with Crippen molar-refractivity contribution in [1.29, 1.82) is 0 Å². The van der Waals surface area contributed by atoms with E-state index in [1.807, 2.05) is 5.38 Å². The van der Waals surface area contributed by atoms with Gasteiger partial charge in [0, 0.05) is 49.5 Å². The number of carbonyl (C=O) groups excluding carboxylic acids is 1. The standard InChI is InChI=1S/C20H19FN4O2S/c21-15-2-1-3-18(14-15)27-17-6-4-16(5-7-17)23-19(26)24-9-11-25(12-10-24)20-22-8-13-28-20/h1-8,13-14H,9-12H2,(H,23,26). The first-order valence-corrected chi connectivity index (χ1v) is 9.79. The zero-order valence-electron chi connectivity index (χ0n) is 15.0. The molecule has 8 heteroatoms. The maximum Gasteiger partial charge on any atom is 0.321 e. The first kappa shape index (κ1) is 18.2. The molecule has 0 spiro atoms. The minimum Gasteiger partial charge on any atom is -0.457 e. The van der Waals surface area contributed by atoms with Crippen LogP contribution in [0.25, 0.3) is 0 Å². The van der Waals surface area contributed by atoms with Crippen molar-refractivity contribution in [3.8, 4) is 11.5 Å². The third-order valence-electron chi connectivity index (χ3n) is 4.39. The SMILES string of the molecule is O=C(Nc1ccc(Oc2cccc(F)c2)cc1)N1CCN(c2nccs2)CC1. The number of thiazole rings is 1. The molecule has 0 radical (unpaired) electrons. The number of rotatable bonds is 4. The van der Waals surface area contributed by atoms with E-state index in [0.717, 1.165) is 18.2 Å². The van der Waals surface area contributed by atoms with Gasteiger partial charge in [-0.3, -0.25) is 0 Å². The van der Waals surface area contributed by atoms with Crippen molar-refractivity contribution in [2.45, 2.75) is 0 Å². The number of urea groups is 1. The summed E-state index contributed by atoms with van der Waals surface area (Å²) in [5.41, 5.74) is 0.680. The predicted molar refractivity (Wildman–Crippen MR) is 108 cm³/mol. The Kier molecular flexibility index (Phi) is 5.38. The molecule has 4 rings (SSSR count). The first-order chi connectivity index (χ1) is 13.7. The number of carbonyl (C=O) groups is 1. The van der Waals surface area contributed by atoms with E-state index in [0.29, 0.717) is 30.3 Å². The summed E-state index contributed by atoms with van der Waals surface area (Å²) in [5.74, 6) is 0.645. The van der Waals surface area contributed by atoms with Crippen molar-refractivity contribution in [1.82, 2.24) is 9.88 Å². The largest absolute Gasteiger partial charge is 0.457 e. The van der Waals surface area contributed by atoms with E-state index in [2.05, 4.69) is 15.2 Å². The van der Waals surface area contributed by atoms with E-state index in [1.165, 1.54) is 12.1 Å². The van der Waals surface area contributed by atoms with Crippen LogP contribution in [0.4, 0.5) is 20.0 Å². The van der Waals surface area contributed by atoms with Gasteiger partial charge in [0.2, 0.25) is 0 Å². The van der Waals surface area contributed by atoms with Gasteiger partial charge in [0.15, 0.2) is 5.13 Å². The van der Waals surface area contributed by atoms with Crippen LogP contribution in [-0.2, 0) is 0 Å². The molecule has 144 valence electrons. The molecule has 3 aromatic rings. The van der Waals surface area contributed by atoms with Gasteiger partial charge in [-0.25, -0.2) is 14.2 Å². The quantitative estimate of drug-likeness (QED) is 0.706. The van der Waals surface area contributed by atoms with E-state index >= 15 is 0 Å². The number of ether oxygens (including phenoxy) is 1. The Balaban J connectivity index is 1.30.